The zero-order valence-corrected chi connectivity index (χ0v) is 11.6. The van der Waals surface area contributed by atoms with Gasteiger partial charge in [0.1, 0.15) is 6.04 Å². The number of nitrogens with zero attached hydrogens (tertiary/aromatic N) is 1. The molecule has 0 spiro atoms. The van der Waals surface area contributed by atoms with Gasteiger partial charge in [0.15, 0.2) is 0 Å². The normalized spacial score (nSPS) is 17.3. The quantitative estimate of drug-likeness (QED) is 0.348. The van der Waals surface area contributed by atoms with Gasteiger partial charge in [-0.2, -0.15) is 0 Å². The van der Waals surface area contributed by atoms with Crippen molar-refractivity contribution in [3.63, 3.8) is 0 Å². The molecule has 0 aromatic rings. The first-order valence-corrected chi connectivity index (χ1v) is 8.26. The lowest BCUT2D eigenvalue weighted by Crippen LogP contribution is -2.51. The SMILES string of the molecule is CS(=O)(=O)NC(=N)NC[C@H](N)C(=O)N1CCSC1. The second kappa shape index (κ2) is 6.25. The van der Waals surface area contributed by atoms with E-state index < -0.39 is 22.0 Å². The zero-order valence-electron chi connectivity index (χ0n) is 9.97. The van der Waals surface area contributed by atoms with Gasteiger partial charge in [0.05, 0.1) is 12.1 Å². The minimum Gasteiger partial charge on any atom is -0.354 e. The smallest absolute Gasteiger partial charge is 0.242 e. The molecule has 1 saturated heterocycles. The summed E-state index contributed by atoms with van der Waals surface area (Å²) < 4.78 is 23.6. The van der Waals surface area contributed by atoms with Crippen LogP contribution in [0.4, 0.5) is 0 Å². The number of guanidine groups is 1. The van der Waals surface area contributed by atoms with Gasteiger partial charge in [-0.3, -0.25) is 14.9 Å². The van der Waals surface area contributed by atoms with Crippen molar-refractivity contribution >= 4 is 33.7 Å². The molecule has 0 bridgehead atoms. The fourth-order valence-electron chi connectivity index (χ4n) is 1.34. The molecule has 8 nitrogen and oxygen atoms in total. The molecule has 1 heterocycles. The van der Waals surface area contributed by atoms with E-state index in [4.69, 9.17) is 11.1 Å². The summed E-state index contributed by atoms with van der Waals surface area (Å²) in [6, 6.07) is -0.787. The summed E-state index contributed by atoms with van der Waals surface area (Å²) in [4.78, 5) is 13.4. The average Bonchev–Trinajstić information content (AvgIpc) is 2.75. The van der Waals surface area contributed by atoms with Crippen molar-refractivity contribution in [2.45, 2.75) is 6.04 Å². The second-order valence-electron chi connectivity index (χ2n) is 3.88. The highest BCUT2D eigenvalue weighted by atomic mass is 32.2. The van der Waals surface area contributed by atoms with Crippen molar-refractivity contribution in [1.82, 2.24) is 14.9 Å². The number of carbonyl (C=O) groups excluding carboxylic acids is 1. The van der Waals surface area contributed by atoms with Crippen LogP contribution in [0, 0.1) is 5.41 Å². The summed E-state index contributed by atoms with van der Waals surface area (Å²) >= 11 is 1.66. The van der Waals surface area contributed by atoms with E-state index in [1.54, 1.807) is 16.7 Å². The molecule has 1 aliphatic heterocycles. The van der Waals surface area contributed by atoms with Gasteiger partial charge in [-0.15, -0.1) is 11.8 Å². The maximum Gasteiger partial charge on any atom is 0.242 e. The number of amides is 1. The predicted octanol–water partition coefficient (Wildman–Crippen LogP) is -2.08. The van der Waals surface area contributed by atoms with Gasteiger partial charge in [0.25, 0.3) is 0 Å². The van der Waals surface area contributed by atoms with E-state index in [0.29, 0.717) is 12.4 Å². The number of nitrogens with two attached hydrogens (primary N) is 1. The molecule has 0 radical (unpaired) electrons. The van der Waals surface area contributed by atoms with Crippen molar-refractivity contribution in [1.29, 1.82) is 5.41 Å². The molecule has 1 fully saturated rings. The molecule has 10 heteroatoms. The molecule has 1 aliphatic rings. The monoisotopic (exact) mass is 295 g/mol. The fraction of sp³-hybridized carbons (Fsp3) is 0.750. The summed E-state index contributed by atoms with van der Waals surface area (Å²) in [5.41, 5.74) is 5.67. The third kappa shape index (κ3) is 5.10. The predicted molar refractivity (Wildman–Crippen MR) is 70.7 cm³/mol. The molecule has 0 saturated carbocycles. The third-order valence-electron chi connectivity index (χ3n) is 2.17. The van der Waals surface area contributed by atoms with Crippen LogP contribution in [0.1, 0.15) is 0 Å². The van der Waals surface area contributed by atoms with E-state index in [9.17, 15) is 13.2 Å². The van der Waals surface area contributed by atoms with Gasteiger partial charge in [-0.1, -0.05) is 0 Å². The van der Waals surface area contributed by atoms with Crippen LogP contribution in [0.2, 0.25) is 0 Å². The minimum absolute atomic E-state index is 0.0152. The molecule has 0 aromatic carbocycles. The van der Waals surface area contributed by atoms with E-state index in [1.807, 2.05) is 4.72 Å². The highest BCUT2D eigenvalue weighted by molar-refractivity contribution is 7.99. The van der Waals surface area contributed by atoms with E-state index in [-0.39, 0.29) is 12.5 Å². The van der Waals surface area contributed by atoms with Crippen LogP contribution in [-0.2, 0) is 14.8 Å². The van der Waals surface area contributed by atoms with E-state index in [2.05, 4.69) is 5.32 Å². The molecular weight excluding hydrogens is 278 g/mol. The van der Waals surface area contributed by atoms with Gasteiger partial charge in [0.2, 0.25) is 21.9 Å². The zero-order chi connectivity index (χ0) is 13.8. The summed E-state index contributed by atoms with van der Waals surface area (Å²) in [5.74, 6) is 0.944. The van der Waals surface area contributed by atoms with Crippen LogP contribution in [0.15, 0.2) is 0 Å². The lowest BCUT2D eigenvalue weighted by atomic mass is 10.2. The largest absolute Gasteiger partial charge is 0.354 e. The molecule has 1 amide bonds. The first-order chi connectivity index (χ1) is 8.29. The number of rotatable bonds is 4. The molecule has 18 heavy (non-hydrogen) atoms. The van der Waals surface area contributed by atoms with Crippen molar-refractivity contribution in [3.05, 3.63) is 0 Å². The Morgan fingerprint density at radius 1 is 1.61 bits per heavy atom. The fourth-order valence-corrected chi connectivity index (χ4v) is 2.74. The van der Waals surface area contributed by atoms with Crippen molar-refractivity contribution in [2.24, 2.45) is 5.73 Å². The van der Waals surface area contributed by atoms with Crippen molar-refractivity contribution < 1.29 is 13.2 Å². The van der Waals surface area contributed by atoms with Crippen LogP contribution < -0.4 is 15.8 Å². The third-order valence-corrected chi connectivity index (χ3v) is 3.71. The van der Waals surface area contributed by atoms with Crippen LogP contribution in [-0.4, -0.2) is 62.2 Å². The number of sulfonamides is 1. The Labute approximate surface area is 110 Å². The first kappa shape index (κ1) is 15.1. The van der Waals surface area contributed by atoms with Gasteiger partial charge in [-0.05, 0) is 0 Å². The lowest BCUT2D eigenvalue weighted by molar-refractivity contribution is -0.130. The minimum atomic E-state index is -3.48. The molecule has 0 aliphatic carbocycles. The summed E-state index contributed by atoms with van der Waals surface area (Å²) in [7, 11) is -3.48. The Hall–Kier alpha value is -1.00. The first-order valence-electron chi connectivity index (χ1n) is 5.22. The van der Waals surface area contributed by atoms with E-state index >= 15 is 0 Å². The Morgan fingerprint density at radius 2 is 2.28 bits per heavy atom. The van der Waals surface area contributed by atoms with Gasteiger partial charge >= 0.3 is 0 Å². The average molecular weight is 295 g/mol. The molecule has 5 N–H and O–H groups in total. The highest BCUT2D eigenvalue weighted by Crippen LogP contribution is 2.13. The van der Waals surface area contributed by atoms with E-state index in [0.717, 1.165) is 12.0 Å². The molecule has 104 valence electrons. The van der Waals surface area contributed by atoms with Crippen LogP contribution >= 0.6 is 11.8 Å². The summed E-state index contributed by atoms with van der Waals surface area (Å²) in [6.45, 7) is 0.692. The van der Waals surface area contributed by atoms with Crippen molar-refractivity contribution in [2.75, 3.05) is 31.0 Å². The Morgan fingerprint density at radius 3 is 2.78 bits per heavy atom. The lowest BCUT2D eigenvalue weighted by Gasteiger charge is -2.20. The highest BCUT2D eigenvalue weighted by Gasteiger charge is 2.24. The standard InChI is InChI=1S/C8H17N5O3S2/c1-18(15,16)12-8(10)11-4-6(9)7(14)13-2-3-17-5-13/h6H,2-5,9H2,1H3,(H3,10,11,12)/t6-/m0/s1. The summed E-state index contributed by atoms with van der Waals surface area (Å²) in [6.07, 6.45) is 0.940. The van der Waals surface area contributed by atoms with Gasteiger partial charge in [-0.25, -0.2) is 8.42 Å². The summed E-state index contributed by atoms with van der Waals surface area (Å²) in [5, 5.41) is 9.76. The molecule has 0 aromatic heterocycles. The van der Waals surface area contributed by atoms with Gasteiger partial charge in [0, 0.05) is 18.8 Å². The van der Waals surface area contributed by atoms with Crippen LogP contribution in [0.25, 0.3) is 0 Å². The number of carbonyl (C=O) groups is 1. The Balaban J connectivity index is 2.34. The molecular formula is C8H17N5O3S2. The number of hydrogen-bond acceptors (Lipinski definition) is 6. The van der Waals surface area contributed by atoms with Crippen LogP contribution in [0.5, 0.6) is 0 Å². The maximum atomic E-state index is 11.8. The van der Waals surface area contributed by atoms with Crippen molar-refractivity contribution in [3.8, 4) is 0 Å². The molecule has 0 unspecified atom stereocenters. The number of nitrogens with one attached hydrogen (secondary N) is 3. The second-order valence-corrected chi connectivity index (χ2v) is 6.70. The molecule has 1 atom stereocenters. The number of hydrogen-bond donors (Lipinski definition) is 4. The van der Waals surface area contributed by atoms with E-state index in [1.165, 1.54) is 0 Å². The Kier molecular flexibility index (Phi) is 5.23. The molecule has 1 rings (SSSR count). The topological polar surface area (TPSA) is 128 Å². The van der Waals surface area contributed by atoms with Gasteiger partial charge < -0.3 is 16.0 Å². The Bertz CT molecular complexity index is 418. The number of thioether (sulfide) groups is 1. The maximum absolute atomic E-state index is 11.8. The van der Waals surface area contributed by atoms with Crippen LogP contribution in [0.3, 0.4) is 0 Å².